The zero-order chi connectivity index (χ0) is 12.8. The van der Waals surface area contributed by atoms with Crippen LogP contribution >= 0.6 is 15.9 Å². The second-order valence-corrected chi connectivity index (χ2v) is 4.73. The Kier molecular flexibility index (Phi) is 5.48. The van der Waals surface area contributed by atoms with Crippen LogP contribution in [-0.4, -0.2) is 24.2 Å². The van der Waals surface area contributed by atoms with Crippen molar-refractivity contribution >= 4 is 27.6 Å². The van der Waals surface area contributed by atoms with Crippen molar-refractivity contribution in [2.45, 2.75) is 26.7 Å². The molecule has 3 nitrogen and oxygen atoms in total. The summed E-state index contributed by atoms with van der Waals surface area (Å²) < 4.78 is 0.637. The molecular weight excluding hydrogens is 282 g/mol. The number of hydrogen-bond acceptors (Lipinski definition) is 2. The standard InChI is InChI=1S/C13H18BrNO2/c1-3-5-9-15(4-2)11-8-6-7-10(14)12(11)13(16)17/h6-8H,3-5,9H2,1-2H3,(H,16,17). The molecule has 94 valence electrons. The molecule has 0 aliphatic carbocycles. The summed E-state index contributed by atoms with van der Waals surface area (Å²) in [7, 11) is 0. The Bertz CT molecular complexity index is 393. The van der Waals surface area contributed by atoms with Crippen molar-refractivity contribution in [3.05, 3.63) is 28.2 Å². The maximum atomic E-state index is 11.3. The Hall–Kier alpha value is -1.03. The van der Waals surface area contributed by atoms with Gasteiger partial charge in [0, 0.05) is 17.6 Å². The number of hydrogen-bond donors (Lipinski definition) is 1. The van der Waals surface area contributed by atoms with Crippen LogP contribution in [0.4, 0.5) is 5.69 Å². The molecule has 0 bridgehead atoms. The first-order valence-electron chi connectivity index (χ1n) is 5.88. The fourth-order valence-electron chi connectivity index (χ4n) is 1.79. The highest BCUT2D eigenvalue weighted by Gasteiger charge is 2.17. The van der Waals surface area contributed by atoms with E-state index in [0.29, 0.717) is 10.0 Å². The van der Waals surface area contributed by atoms with E-state index in [9.17, 15) is 9.90 Å². The summed E-state index contributed by atoms with van der Waals surface area (Å²) >= 11 is 3.31. The van der Waals surface area contributed by atoms with Crippen LogP contribution in [0.2, 0.25) is 0 Å². The summed E-state index contributed by atoms with van der Waals surface area (Å²) in [5, 5.41) is 9.26. The number of carboxylic acids is 1. The van der Waals surface area contributed by atoms with E-state index < -0.39 is 5.97 Å². The van der Waals surface area contributed by atoms with Gasteiger partial charge in [0.25, 0.3) is 0 Å². The number of aromatic carboxylic acids is 1. The molecule has 0 aliphatic rings. The molecule has 1 rings (SSSR count). The van der Waals surface area contributed by atoms with Crippen molar-refractivity contribution in [1.29, 1.82) is 0 Å². The molecule has 0 fully saturated rings. The van der Waals surface area contributed by atoms with E-state index in [1.807, 2.05) is 19.1 Å². The second-order valence-electron chi connectivity index (χ2n) is 3.87. The third kappa shape index (κ3) is 3.46. The first kappa shape index (κ1) is 14.0. The molecule has 0 amide bonds. The predicted molar refractivity (Wildman–Crippen MR) is 73.9 cm³/mol. The second kappa shape index (κ2) is 6.64. The lowest BCUT2D eigenvalue weighted by atomic mass is 10.1. The van der Waals surface area contributed by atoms with Crippen molar-refractivity contribution in [2.24, 2.45) is 0 Å². The van der Waals surface area contributed by atoms with E-state index in [1.165, 1.54) is 0 Å². The highest BCUT2D eigenvalue weighted by atomic mass is 79.9. The van der Waals surface area contributed by atoms with E-state index in [4.69, 9.17) is 0 Å². The molecule has 1 aromatic rings. The minimum atomic E-state index is -0.887. The number of rotatable bonds is 6. The lowest BCUT2D eigenvalue weighted by Gasteiger charge is -2.25. The molecule has 0 spiro atoms. The average molecular weight is 300 g/mol. The SMILES string of the molecule is CCCCN(CC)c1cccc(Br)c1C(=O)O. The fraction of sp³-hybridized carbons (Fsp3) is 0.462. The number of unbranched alkanes of at least 4 members (excludes halogenated alkanes) is 1. The highest BCUT2D eigenvalue weighted by Crippen LogP contribution is 2.28. The largest absolute Gasteiger partial charge is 0.478 e. The van der Waals surface area contributed by atoms with Crippen LogP contribution in [-0.2, 0) is 0 Å². The molecule has 1 aromatic carbocycles. The van der Waals surface area contributed by atoms with Crippen LogP contribution < -0.4 is 4.90 Å². The summed E-state index contributed by atoms with van der Waals surface area (Å²) in [4.78, 5) is 13.4. The fourth-order valence-corrected chi connectivity index (χ4v) is 2.31. The van der Waals surface area contributed by atoms with Crippen molar-refractivity contribution < 1.29 is 9.90 Å². The molecule has 0 heterocycles. The normalized spacial score (nSPS) is 10.3. The van der Waals surface area contributed by atoms with Gasteiger partial charge in [-0.15, -0.1) is 0 Å². The van der Waals surface area contributed by atoms with Crippen LogP contribution in [0.15, 0.2) is 22.7 Å². The number of anilines is 1. The zero-order valence-corrected chi connectivity index (χ0v) is 11.8. The van der Waals surface area contributed by atoms with Gasteiger partial charge in [0.2, 0.25) is 0 Å². The topological polar surface area (TPSA) is 40.5 Å². The van der Waals surface area contributed by atoms with E-state index in [2.05, 4.69) is 27.8 Å². The minimum absolute atomic E-state index is 0.352. The average Bonchev–Trinajstić information content (AvgIpc) is 2.29. The molecule has 0 aliphatic heterocycles. The molecule has 1 N–H and O–H groups in total. The quantitative estimate of drug-likeness (QED) is 0.869. The van der Waals surface area contributed by atoms with Gasteiger partial charge in [-0.1, -0.05) is 19.4 Å². The first-order chi connectivity index (χ1) is 8.11. The van der Waals surface area contributed by atoms with Crippen LogP contribution in [0.1, 0.15) is 37.0 Å². The minimum Gasteiger partial charge on any atom is -0.478 e. The van der Waals surface area contributed by atoms with E-state index >= 15 is 0 Å². The third-order valence-corrected chi connectivity index (χ3v) is 3.37. The van der Waals surface area contributed by atoms with Gasteiger partial charge in [-0.3, -0.25) is 0 Å². The predicted octanol–water partition coefficient (Wildman–Crippen LogP) is 3.77. The van der Waals surface area contributed by atoms with Crippen LogP contribution in [0.5, 0.6) is 0 Å². The lowest BCUT2D eigenvalue weighted by Crippen LogP contribution is -2.26. The Morgan fingerprint density at radius 3 is 2.65 bits per heavy atom. The van der Waals surface area contributed by atoms with Crippen molar-refractivity contribution in [3.8, 4) is 0 Å². The maximum Gasteiger partial charge on any atom is 0.338 e. The number of carbonyl (C=O) groups is 1. The molecule has 4 heteroatoms. The van der Waals surface area contributed by atoms with E-state index in [-0.39, 0.29) is 0 Å². The Morgan fingerprint density at radius 2 is 2.12 bits per heavy atom. The van der Waals surface area contributed by atoms with Crippen LogP contribution in [0, 0.1) is 0 Å². The number of nitrogens with zero attached hydrogens (tertiary/aromatic N) is 1. The van der Waals surface area contributed by atoms with Crippen LogP contribution in [0.25, 0.3) is 0 Å². The van der Waals surface area contributed by atoms with Crippen molar-refractivity contribution in [3.63, 3.8) is 0 Å². The van der Waals surface area contributed by atoms with Crippen molar-refractivity contribution in [1.82, 2.24) is 0 Å². The molecular formula is C13H18BrNO2. The Morgan fingerprint density at radius 1 is 1.41 bits per heavy atom. The monoisotopic (exact) mass is 299 g/mol. The molecule has 0 radical (unpaired) electrons. The van der Waals surface area contributed by atoms with E-state index in [1.54, 1.807) is 6.07 Å². The number of carboxylic acid groups (broad SMARTS) is 1. The van der Waals surface area contributed by atoms with Gasteiger partial charge in [0.05, 0.1) is 11.3 Å². The van der Waals surface area contributed by atoms with Gasteiger partial charge in [-0.2, -0.15) is 0 Å². The summed E-state index contributed by atoms with van der Waals surface area (Å²) in [5.41, 5.74) is 1.15. The van der Waals surface area contributed by atoms with Crippen molar-refractivity contribution in [2.75, 3.05) is 18.0 Å². The molecule has 0 unspecified atom stereocenters. The summed E-state index contributed by atoms with van der Waals surface area (Å²) in [6, 6.07) is 5.51. The summed E-state index contributed by atoms with van der Waals surface area (Å²) in [6.07, 6.45) is 2.17. The third-order valence-electron chi connectivity index (χ3n) is 2.71. The first-order valence-corrected chi connectivity index (χ1v) is 6.67. The molecule has 0 aromatic heterocycles. The van der Waals surface area contributed by atoms with Gasteiger partial charge in [0.1, 0.15) is 0 Å². The smallest absolute Gasteiger partial charge is 0.338 e. The maximum absolute atomic E-state index is 11.3. The summed E-state index contributed by atoms with van der Waals surface area (Å²) in [5.74, 6) is -0.887. The van der Waals surface area contributed by atoms with Crippen LogP contribution in [0.3, 0.4) is 0 Å². The molecule has 0 atom stereocenters. The van der Waals surface area contributed by atoms with Gasteiger partial charge < -0.3 is 10.0 Å². The van der Waals surface area contributed by atoms with E-state index in [0.717, 1.165) is 31.6 Å². The van der Waals surface area contributed by atoms with Gasteiger partial charge in [-0.05, 0) is 41.4 Å². The van der Waals surface area contributed by atoms with Gasteiger partial charge in [-0.25, -0.2) is 4.79 Å². The lowest BCUT2D eigenvalue weighted by molar-refractivity contribution is 0.0696. The molecule has 0 saturated heterocycles. The number of halogens is 1. The Balaban J connectivity index is 3.09. The zero-order valence-electron chi connectivity index (χ0n) is 10.2. The molecule has 17 heavy (non-hydrogen) atoms. The van der Waals surface area contributed by atoms with Gasteiger partial charge in [0.15, 0.2) is 0 Å². The highest BCUT2D eigenvalue weighted by molar-refractivity contribution is 9.10. The summed E-state index contributed by atoms with van der Waals surface area (Å²) in [6.45, 7) is 5.88. The van der Waals surface area contributed by atoms with Gasteiger partial charge >= 0.3 is 5.97 Å². The number of benzene rings is 1. The molecule has 0 saturated carbocycles. The Labute approximate surface area is 111 Å².